The Morgan fingerprint density at radius 3 is 2.53 bits per heavy atom. The molecule has 5 heteroatoms. The van der Waals surface area contributed by atoms with Crippen LogP contribution in [0.3, 0.4) is 0 Å². The van der Waals surface area contributed by atoms with Gasteiger partial charge in [0.2, 0.25) is 0 Å². The van der Waals surface area contributed by atoms with E-state index in [0.717, 1.165) is 25.0 Å². The second-order valence-corrected chi connectivity index (χ2v) is 5.58. The molecule has 0 aromatic rings. The monoisotopic (exact) mass is 380 g/mol. The van der Waals surface area contributed by atoms with Crippen LogP contribution in [0.5, 0.6) is 0 Å². The predicted molar refractivity (Wildman–Crippen MR) is 92.4 cm³/mol. The van der Waals surface area contributed by atoms with Crippen LogP contribution in [-0.2, 0) is 0 Å². The molecule has 4 nitrogen and oxygen atoms in total. The number of unbranched alkanes of at least 4 members (excludes halogenated alkanes) is 1. The molecule has 0 unspecified atom stereocenters. The van der Waals surface area contributed by atoms with Crippen molar-refractivity contribution in [3.63, 3.8) is 0 Å². The Labute approximate surface area is 134 Å². The highest BCUT2D eigenvalue weighted by Crippen LogP contribution is 2.27. The van der Waals surface area contributed by atoms with Crippen molar-refractivity contribution in [2.45, 2.75) is 38.5 Å². The molecule has 0 radical (unpaired) electrons. The Morgan fingerprint density at radius 1 is 1.16 bits per heavy atom. The number of likely N-dealkylation sites (tertiary alicyclic amines) is 1. The van der Waals surface area contributed by atoms with E-state index in [0.29, 0.717) is 0 Å². The van der Waals surface area contributed by atoms with Crippen LogP contribution in [-0.4, -0.2) is 50.6 Å². The fourth-order valence-corrected chi connectivity index (χ4v) is 2.46. The average molecular weight is 380 g/mol. The quantitative estimate of drug-likeness (QED) is 0.307. The molecule has 2 fully saturated rings. The highest BCUT2D eigenvalue weighted by Gasteiger charge is 2.20. The molecule has 1 aliphatic heterocycles. The summed E-state index contributed by atoms with van der Waals surface area (Å²) < 4.78 is 0. The third-order valence-corrected chi connectivity index (χ3v) is 3.87. The second kappa shape index (κ2) is 9.80. The van der Waals surface area contributed by atoms with E-state index in [2.05, 4.69) is 20.5 Å². The lowest BCUT2D eigenvalue weighted by molar-refractivity contribution is 0.330. The smallest absolute Gasteiger partial charge is 0.190 e. The fourth-order valence-electron chi connectivity index (χ4n) is 2.46. The minimum absolute atomic E-state index is 0. The van der Waals surface area contributed by atoms with Gasteiger partial charge in [0.05, 0.1) is 0 Å². The van der Waals surface area contributed by atoms with Gasteiger partial charge in [0.1, 0.15) is 0 Å². The number of hydrogen-bond acceptors (Lipinski definition) is 2. The van der Waals surface area contributed by atoms with Gasteiger partial charge in [0.15, 0.2) is 5.96 Å². The Morgan fingerprint density at radius 2 is 1.89 bits per heavy atom. The number of aliphatic imine (C=N–C) groups is 1. The molecule has 0 atom stereocenters. The van der Waals surface area contributed by atoms with Crippen LogP contribution in [0.15, 0.2) is 4.99 Å². The Bertz CT molecular complexity index is 260. The van der Waals surface area contributed by atoms with Gasteiger partial charge in [-0.25, -0.2) is 0 Å². The fraction of sp³-hybridized carbons (Fsp3) is 0.929. The maximum absolute atomic E-state index is 4.25. The van der Waals surface area contributed by atoms with Gasteiger partial charge in [-0.15, -0.1) is 24.0 Å². The standard InChI is InChI=1S/C14H28N4.HI/c1-15-14(17-12-13-6-7-13)16-8-2-3-9-18-10-4-5-11-18;/h13H,2-12H2,1H3,(H2,15,16,17);1H. The zero-order chi connectivity index (χ0) is 12.6. The van der Waals surface area contributed by atoms with Crippen molar-refractivity contribution >= 4 is 29.9 Å². The molecular formula is C14H29IN4. The van der Waals surface area contributed by atoms with Crippen molar-refractivity contribution in [1.29, 1.82) is 0 Å². The van der Waals surface area contributed by atoms with Gasteiger partial charge >= 0.3 is 0 Å². The summed E-state index contributed by atoms with van der Waals surface area (Å²) in [5.41, 5.74) is 0. The van der Waals surface area contributed by atoms with Crippen LogP contribution < -0.4 is 10.6 Å². The van der Waals surface area contributed by atoms with Crippen LogP contribution in [0, 0.1) is 5.92 Å². The van der Waals surface area contributed by atoms with Crippen molar-refractivity contribution in [1.82, 2.24) is 15.5 Å². The Hall–Kier alpha value is -0.0400. The molecule has 0 aromatic carbocycles. The summed E-state index contributed by atoms with van der Waals surface area (Å²) in [5.74, 6) is 1.88. The summed E-state index contributed by atoms with van der Waals surface area (Å²) >= 11 is 0. The van der Waals surface area contributed by atoms with Crippen LogP contribution in [0.4, 0.5) is 0 Å². The third-order valence-electron chi connectivity index (χ3n) is 3.87. The molecule has 0 spiro atoms. The molecule has 1 aliphatic carbocycles. The first-order valence-electron chi connectivity index (χ1n) is 7.55. The van der Waals surface area contributed by atoms with Gasteiger partial charge < -0.3 is 15.5 Å². The van der Waals surface area contributed by atoms with E-state index in [1.54, 1.807) is 0 Å². The summed E-state index contributed by atoms with van der Waals surface area (Å²) in [6, 6.07) is 0. The normalized spacial score (nSPS) is 20.2. The number of rotatable bonds is 7. The molecular weight excluding hydrogens is 351 g/mol. The third kappa shape index (κ3) is 7.34. The highest BCUT2D eigenvalue weighted by atomic mass is 127. The summed E-state index contributed by atoms with van der Waals surface area (Å²) in [7, 11) is 1.85. The number of guanidine groups is 1. The lowest BCUT2D eigenvalue weighted by atomic mass is 10.3. The SMILES string of the molecule is CN=C(NCCCCN1CCCC1)NCC1CC1.I. The maximum Gasteiger partial charge on any atom is 0.190 e. The summed E-state index contributed by atoms with van der Waals surface area (Å²) in [6.45, 7) is 6.04. The highest BCUT2D eigenvalue weighted by molar-refractivity contribution is 14.0. The molecule has 0 bridgehead atoms. The van der Waals surface area contributed by atoms with Crippen LogP contribution in [0.25, 0.3) is 0 Å². The molecule has 2 N–H and O–H groups in total. The number of hydrogen-bond donors (Lipinski definition) is 2. The minimum atomic E-state index is 0. The van der Waals surface area contributed by atoms with Crippen molar-refractivity contribution in [3.8, 4) is 0 Å². The number of halogens is 1. The van der Waals surface area contributed by atoms with Crippen LogP contribution in [0.1, 0.15) is 38.5 Å². The van der Waals surface area contributed by atoms with Gasteiger partial charge in [-0.3, -0.25) is 4.99 Å². The first-order chi connectivity index (χ1) is 8.88. The van der Waals surface area contributed by atoms with Gasteiger partial charge in [-0.2, -0.15) is 0 Å². The van der Waals surface area contributed by atoms with Gasteiger partial charge in [-0.1, -0.05) is 0 Å². The first kappa shape index (κ1) is 17.0. The van der Waals surface area contributed by atoms with Crippen LogP contribution in [0.2, 0.25) is 0 Å². The Balaban J connectivity index is 0.00000180. The van der Waals surface area contributed by atoms with E-state index in [-0.39, 0.29) is 24.0 Å². The topological polar surface area (TPSA) is 39.7 Å². The molecule has 1 saturated carbocycles. The van der Waals surface area contributed by atoms with Crippen molar-refractivity contribution in [2.24, 2.45) is 10.9 Å². The lowest BCUT2D eigenvalue weighted by Gasteiger charge is -2.15. The zero-order valence-electron chi connectivity index (χ0n) is 12.2. The van der Waals surface area contributed by atoms with Crippen molar-refractivity contribution in [3.05, 3.63) is 0 Å². The molecule has 112 valence electrons. The van der Waals surface area contributed by atoms with E-state index in [4.69, 9.17) is 0 Å². The van der Waals surface area contributed by atoms with Gasteiger partial charge in [-0.05, 0) is 64.1 Å². The van der Waals surface area contributed by atoms with E-state index >= 15 is 0 Å². The van der Waals surface area contributed by atoms with Crippen LogP contribution >= 0.6 is 24.0 Å². The van der Waals surface area contributed by atoms with E-state index in [1.165, 1.54) is 58.2 Å². The average Bonchev–Trinajstić information content (AvgIpc) is 3.07. The molecule has 19 heavy (non-hydrogen) atoms. The van der Waals surface area contributed by atoms with E-state index in [9.17, 15) is 0 Å². The molecule has 1 saturated heterocycles. The summed E-state index contributed by atoms with van der Waals surface area (Å²) in [5, 5.41) is 6.79. The molecule has 0 aromatic heterocycles. The summed E-state index contributed by atoms with van der Waals surface area (Å²) in [4.78, 5) is 6.83. The molecule has 2 rings (SSSR count). The van der Waals surface area contributed by atoms with Gasteiger partial charge in [0.25, 0.3) is 0 Å². The largest absolute Gasteiger partial charge is 0.356 e. The lowest BCUT2D eigenvalue weighted by Crippen LogP contribution is -2.38. The van der Waals surface area contributed by atoms with E-state index in [1.807, 2.05) is 7.05 Å². The second-order valence-electron chi connectivity index (χ2n) is 5.58. The molecule has 1 heterocycles. The van der Waals surface area contributed by atoms with Crippen molar-refractivity contribution < 1.29 is 0 Å². The zero-order valence-corrected chi connectivity index (χ0v) is 14.5. The number of nitrogens with zero attached hydrogens (tertiary/aromatic N) is 2. The number of nitrogens with one attached hydrogen (secondary N) is 2. The predicted octanol–water partition coefficient (Wildman–Crippen LogP) is 2.06. The molecule has 2 aliphatic rings. The Kier molecular flexibility index (Phi) is 8.77. The minimum Gasteiger partial charge on any atom is -0.356 e. The summed E-state index contributed by atoms with van der Waals surface area (Å²) in [6.07, 6.45) is 8.11. The van der Waals surface area contributed by atoms with Gasteiger partial charge in [0, 0.05) is 20.1 Å². The molecule has 0 amide bonds. The van der Waals surface area contributed by atoms with Crippen molar-refractivity contribution in [2.75, 3.05) is 39.8 Å². The first-order valence-corrected chi connectivity index (χ1v) is 7.55. The van der Waals surface area contributed by atoms with E-state index < -0.39 is 0 Å². The maximum atomic E-state index is 4.25.